The predicted molar refractivity (Wildman–Crippen MR) is 78.6 cm³/mol. The first-order valence-corrected chi connectivity index (χ1v) is 6.57. The predicted octanol–water partition coefficient (Wildman–Crippen LogP) is 3.38. The lowest BCUT2D eigenvalue weighted by Crippen LogP contribution is -2.14. The molecule has 1 aromatic heterocycles. The van der Waals surface area contributed by atoms with E-state index in [0.717, 1.165) is 0 Å². The van der Waals surface area contributed by atoms with E-state index in [1.807, 2.05) is 0 Å². The summed E-state index contributed by atoms with van der Waals surface area (Å²) in [6.45, 7) is 0. The van der Waals surface area contributed by atoms with Crippen LogP contribution in [0.4, 0.5) is 11.5 Å². The van der Waals surface area contributed by atoms with E-state index in [1.54, 1.807) is 18.2 Å². The number of hydrogen-bond donors (Lipinski definition) is 2. The highest BCUT2D eigenvalue weighted by atomic mass is 79.9. The molecule has 0 saturated carbocycles. The summed E-state index contributed by atoms with van der Waals surface area (Å²) in [6, 6.07) is 6.37. The molecular weight excluding hydrogens is 355 g/mol. The van der Waals surface area contributed by atoms with Gasteiger partial charge in [-0.15, -0.1) is 0 Å². The zero-order chi connectivity index (χ0) is 14.0. The van der Waals surface area contributed by atoms with Gasteiger partial charge in [-0.05, 0) is 39.7 Å². The van der Waals surface area contributed by atoms with E-state index in [4.69, 9.17) is 28.9 Å². The van der Waals surface area contributed by atoms with Crippen molar-refractivity contribution < 1.29 is 4.79 Å². The van der Waals surface area contributed by atoms with Crippen LogP contribution in [0, 0.1) is 0 Å². The number of aromatic nitrogens is 2. The van der Waals surface area contributed by atoms with Crippen molar-refractivity contribution in [2.24, 2.45) is 0 Å². The van der Waals surface area contributed by atoms with Crippen LogP contribution < -0.4 is 11.1 Å². The molecule has 19 heavy (non-hydrogen) atoms. The molecule has 5 nitrogen and oxygen atoms in total. The van der Waals surface area contributed by atoms with Crippen LogP contribution in [0.5, 0.6) is 0 Å². The van der Waals surface area contributed by atoms with Gasteiger partial charge in [0.05, 0.1) is 10.0 Å². The fourth-order valence-electron chi connectivity index (χ4n) is 1.36. The van der Waals surface area contributed by atoms with E-state index in [-0.39, 0.29) is 22.2 Å². The second kappa shape index (κ2) is 5.73. The topological polar surface area (TPSA) is 80.9 Å². The van der Waals surface area contributed by atoms with Crippen LogP contribution in [0.15, 0.2) is 28.7 Å². The summed E-state index contributed by atoms with van der Waals surface area (Å²) in [4.78, 5) is 19.6. The first-order chi connectivity index (χ1) is 8.97. The first-order valence-electron chi connectivity index (χ1n) is 5.03. The van der Waals surface area contributed by atoms with Crippen molar-refractivity contribution in [1.29, 1.82) is 0 Å². The number of amides is 1. The Hall–Kier alpha value is -1.37. The molecule has 1 amide bonds. The highest BCUT2D eigenvalue weighted by Crippen LogP contribution is 2.24. The fourth-order valence-corrected chi connectivity index (χ4v) is 2.22. The summed E-state index contributed by atoms with van der Waals surface area (Å²) in [5.74, 6) is -0.172. The van der Waals surface area contributed by atoms with Gasteiger partial charge in [0.1, 0.15) is 11.0 Å². The maximum absolute atomic E-state index is 12.1. The molecule has 0 aliphatic heterocycles. The Balaban J connectivity index is 2.28. The van der Waals surface area contributed by atoms with Crippen LogP contribution in [0.1, 0.15) is 10.4 Å². The molecule has 0 aliphatic carbocycles. The molecule has 0 radical (unpaired) electrons. The summed E-state index contributed by atoms with van der Waals surface area (Å²) in [5, 5.41) is 2.66. The number of carbonyl (C=O) groups excluding carboxylic acids is 1. The number of rotatable bonds is 2. The maximum atomic E-state index is 12.1. The summed E-state index contributed by atoms with van der Waals surface area (Å²) in [6.07, 6.45) is 0. The zero-order valence-corrected chi connectivity index (χ0v) is 12.4. The molecule has 8 heteroatoms. The number of hydrogen-bond acceptors (Lipinski definition) is 4. The Kier molecular flexibility index (Phi) is 4.24. The average Bonchev–Trinajstić information content (AvgIpc) is 2.31. The summed E-state index contributed by atoms with van der Waals surface area (Å²) < 4.78 is 0.513. The number of nitrogens with zero attached hydrogens (tertiary/aromatic N) is 2. The first kappa shape index (κ1) is 14.0. The number of nitrogens with one attached hydrogen (secondary N) is 1. The van der Waals surface area contributed by atoms with Crippen molar-refractivity contribution in [3.63, 3.8) is 0 Å². The van der Waals surface area contributed by atoms with E-state index < -0.39 is 0 Å². The van der Waals surface area contributed by atoms with Crippen LogP contribution in [-0.4, -0.2) is 15.9 Å². The van der Waals surface area contributed by atoms with Gasteiger partial charge in [0.2, 0.25) is 5.28 Å². The molecule has 0 saturated heterocycles. The summed E-state index contributed by atoms with van der Waals surface area (Å²) in [5.41, 5.74) is 6.55. The minimum Gasteiger partial charge on any atom is -0.398 e. The molecule has 1 heterocycles. The van der Waals surface area contributed by atoms with Gasteiger partial charge in [0.15, 0.2) is 0 Å². The van der Waals surface area contributed by atoms with E-state index in [0.29, 0.717) is 15.7 Å². The Labute approximate surface area is 127 Å². The maximum Gasteiger partial charge on any atom is 0.258 e. The molecular formula is C11H7BrCl2N4O. The third kappa shape index (κ3) is 3.34. The molecule has 3 N–H and O–H groups in total. The van der Waals surface area contributed by atoms with Crippen molar-refractivity contribution in [3.05, 3.63) is 44.7 Å². The van der Waals surface area contributed by atoms with E-state index in [9.17, 15) is 4.79 Å². The Morgan fingerprint density at radius 2 is 2.05 bits per heavy atom. The Morgan fingerprint density at radius 1 is 1.32 bits per heavy atom. The van der Waals surface area contributed by atoms with Crippen LogP contribution in [-0.2, 0) is 0 Å². The molecule has 0 atom stereocenters. The number of nitrogens with two attached hydrogens (primary N) is 1. The molecule has 0 unspecified atom stereocenters. The molecule has 0 bridgehead atoms. The van der Waals surface area contributed by atoms with Crippen molar-refractivity contribution in [1.82, 2.24) is 9.97 Å². The highest BCUT2D eigenvalue weighted by Gasteiger charge is 2.13. The lowest BCUT2D eigenvalue weighted by atomic mass is 10.2. The van der Waals surface area contributed by atoms with Gasteiger partial charge in [0.25, 0.3) is 5.91 Å². The molecule has 98 valence electrons. The Morgan fingerprint density at radius 3 is 2.74 bits per heavy atom. The lowest BCUT2D eigenvalue weighted by molar-refractivity contribution is 0.102. The van der Waals surface area contributed by atoms with Gasteiger partial charge in [-0.25, -0.2) is 9.97 Å². The van der Waals surface area contributed by atoms with Gasteiger partial charge in [-0.3, -0.25) is 4.79 Å². The largest absolute Gasteiger partial charge is 0.398 e. The molecule has 2 rings (SSSR count). The van der Waals surface area contributed by atoms with Crippen molar-refractivity contribution in [2.75, 3.05) is 11.1 Å². The second-order valence-electron chi connectivity index (χ2n) is 3.51. The van der Waals surface area contributed by atoms with E-state index >= 15 is 0 Å². The van der Waals surface area contributed by atoms with Crippen molar-refractivity contribution in [2.45, 2.75) is 0 Å². The van der Waals surface area contributed by atoms with Crippen LogP contribution in [0.2, 0.25) is 10.4 Å². The minimum atomic E-state index is -0.384. The number of carbonyl (C=O) groups is 1. The van der Waals surface area contributed by atoms with Gasteiger partial charge < -0.3 is 11.1 Å². The van der Waals surface area contributed by atoms with Crippen LogP contribution >= 0.6 is 39.1 Å². The SMILES string of the molecule is Nc1cccc(C(=O)Nc2cc(Cl)nc(Cl)n2)c1Br. The quantitative estimate of drug-likeness (QED) is 0.488. The van der Waals surface area contributed by atoms with Gasteiger partial charge in [-0.1, -0.05) is 17.7 Å². The number of anilines is 2. The molecule has 0 spiro atoms. The summed E-state index contributed by atoms with van der Waals surface area (Å²) >= 11 is 14.6. The van der Waals surface area contributed by atoms with Crippen LogP contribution in [0.3, 0.4) is 0 Å². The number of nitrogen functional groups attached to an aromatic ring is 1. The molecule has 1 aromatic carbocycles. The third-order valence-corrected chi connectivity index (χ3v) is 3.43. The van der Waals surface area contributed by atoms with Gasteiger partial charge in [0, 0.05) is 11.8 Å². The smallest absolute Gasteiger partial charge is 0.258 e. The molecule has 0 aliphatic rings. The third-order valence-electron chi connectivity index (χ3n) is 2.18. The monoisotopic (exact) mass is 360 g/mol. The van der Waals surface area contributed by atoms with Crippen molar-refractivity contribution in [3.8, 4) is 0 Å². The average molecular weight is 362 g/mol. The standard InChI is InChI=1S/C11H7BrCl2N4O/c12-9-5(2-1-3-6(9)15)10(19)17-8-4-7(13)16-11(14)18-8/h1-4H,15H2,(H,16,17,18,19). The van der Waals surface area contributed by atoms with Gasteiger partial charge in [-0.2, -0.15) is 0 Å². The number of halogens is 3. The van der Waals surface area contributed by atoms with E-state index in [1.165, 1.54) is 6.07 Å². The molecule has 2 aromatic rings. The van der Waals surface area contributed by atoms with E-state index in [2.05, 4.69) is 31.2 Å². The summed E-state index contributed by atoms with van der Waals surface area (Å²) in [7, 11) is 0. The fraction of sp³-hybridized carbons (Fsp3) is 0. The Bertz CT molecular complexity index is 630. The lowest BCUT2D eigenvalue weighted by Gasteiger charge is -2.08. The second-order valence-corrected chi connectivity index (χ2v) is 5.03. The zero-order valence-electron chi connectivity index (χ0n) is 9.32. The number of benzene rings is 1. The molecule has 0 fully saturated rings. The van der Waals surface area contributed by atoms with Crippen LogP contribution in [0.25, 0.3) is 0 Å². The highest BCUT2D eigenvalue weighted by molar-refractivity contribution is 9.10. The normalized spacial score (nSPS) is 10.3. The van der Waals surface area contributed by atoms with Gasteiger partial charge >= 0.3 is 0 Å². The van der Waals surface area contributed by atoms with Crippen molar-refractivity contribution >= 4 is 56.5 Å². The minimum absolute atomic E-state index is 0.0468.